The molecule has 0 bridgehead atoms. The minimum absolute atomic E-state index is 0.220. The molecule has 0 saturated heterocycles. The summed E-state index contributed by atoms with van der Waals surface area (Å²) in [6.07, 6.45) is 5.12. The molecule has 3 nitrogen and oxygen atoms in total. The quantitative estimate of drug-likeness (QED) is 0.582. The lowest BCUT2D eigenvalue weighted by Crippen LogP contribution is -2.50. The van der Waals surface area contributed by atoms with Crippen molar-refractivity contribution in [1.82, 2.24) is 5.32 Å². The fraction of sp³-hybridized carbons (Fsp3) is 1.00. The Bertz CT molecular complexity index is 130. The first-order valence-electron chi connectivity index (χ1n) is 5.34. The highest BCUT2D eigenvalue weighted by Gasteiger charge is 2.30. The number of ether oxygens (including phenoxy) is 1. The molecule has 13 heavy (non-hydrogen) atoms. The molecule has 0 radical (unpaired) electrons. The summed E-state index contributed by atoms with van der Waals surface area (Å²) in [6, 6.07) is 0.490. The Morgan fingerprint density at radius 3 is 2.85 bits per heavy atom. The van der Waals surface area contributed by atoms with Crippen LogP contribution in [0.4, 0.5) is 0 Å². The van der Waals surface area contributed by atoms with E-state index in [1.54, 1.807) is 0 Å². The summed E-state index contributed by atoms with van der Waals surface area (Å²) in [5.74, 6) is 0. The van der Waals surface area contributed by atoms with Crippen molar-refractivity contribution in [2.24, 2.45) is 0 Å². The van der Waals surface area contributed by atoms with Gasteiger partial charge in [0.1, 0.15) is 0 Å². The first-order chi connectivity index (χ1) is 6.38. The molecule has 3 heteroatoms. The van der Waals surface area contributed by atoms with Crippen LogP contribution in [0.3, 0.4) is 0 Å². The van der Waals surface area contributed by atoms with Crippen molar-refractivity contribution in [2.45, 2.75) is 44.8 Å². The Kier molecular flexibility index (Phi) is 5.35. The van der Waals surface area contributed by atoms with Crippen molar-refractivity contribution in [3.63, 3.8) is 0 Å². The normalized spacial score (nSPS) is 27.2. The molecular formula is C10H21NO2. The van der Waals surface area contributed by atoms with Crippen molar-refractivity contribution >= 4 is 0 Å². The smallest absolute Gasteiger partial charge is 0.0728 e. The van der Waals surface area contributed by atoms with Crippen LogP contribution in [-0.2, 0) is 4.74 Å². The van der Waals surface area contributed by atoms with E-state index in [0.717, 1.165) is 13.0 Å². The van der Waals surface area contributed by atoms with Gasteiger partial charge in [0.05, 0.1) is 12.7 Å². The number of aliphatic hydroxyl groups excluding tert-OH is 1. The molecule has 0 aromatic rings. The van der Waals surface area contributed by atoms with Crippen LogP contribution in [-0.4, -0.2) is 37.0 Å². The van der Waals surface area contributed by atoms with Gasteiger partial charge in [0, 0.05) is 19.2 Å². The number of unbranched alkanes of at least 4 members (excludes halogenated alkanes) is 1. The van der Waals surface area contributed by atoms with E-state index in [-0.39, 0.29) is 6.61 Å². The predicted octanol–water partition coefficient (Wildman–Crippen LogP) is 0.916. The second-order valence-electron chi connectivity index (χ2n) is 3.62. The van der Waals surface area contributed by atoms with Crippen LogP contribution in [0.2, 0.25) is 0 Å². The van der Waals surface area contributed by atoms with E-state index in [4.69, 9.17) is 9.84 Å². The zero-order valence-electron chi connectivity index (χ0n) is 8.46. The first kappa shape index (κ1) is 11.0. The molecule has 78 valence electrons. The second kappa shape index (κ2) is 6.35. The Morgan fingerprint density at radius 1 is 1.46 bits per heavy atom. The topological polar surface area (TPSA) is 41.5 Å². The maximum Gasteiger partial charge on any atom is 0.0728 e. The molecule has 0 heterocycles. The number of aliphatic hydroxyl groups is 1. The molecule has 2 N–H and O–H groups in total. The number of hydrogen-bond donors (Lipinski definition) is 2. The summed E-state index contributed by atoms with van der Waals surface area (Å²) < 4.78 is 5.68. The third kappa shape index (κ3) is 3.63. The average Bonchev–Trinajstić information content (AvgIpc) is 2.11. The molecule has 0 aliphatic heterocycles. The van der Waals surface area contributed by atoms with Crippen LogP contribution in [0, 0.1) is 0 Å². The zero-order valence-corrected chi connectivity index (χ0v) is 8.46. The van der Waals surface area contributed by atoms with E-state index in [1.165, 1.54) is 19.3 Å². The van der Waals surface area contributed by atoms with E-state index in [0.29, 0.717) is 18.7 Å². The Hall–Kier alpha value is -0.120. The van der Waals surface area contributed by atoms with E-state index in [9.17, 15) is 0 Å². The molecule has 0 spiro atoms. The van der Waals surface area contributed by atoms with Gasteiger partial charge in [0.2, 0.25) is 0 Å². The molecule has 1 saturated carbocycles. The highest BCUT2D eigenvalue weighted by atomic mass is 16.5. The number of rotatable bonds is 7. The van der Waals surface area contributed by atoms with Gasteiger partial charge >= 0.3 is 0 Å². The third-order valence-corrected chi connectivity index (χ3v) is 2.56. The van der Waals surface area contributed by atoms with Crippen LogP contribution in [0.5, 0.6) is 0 Å². The Morgan fingerprint density at radius 2 is 2.31 bits per heavy atom. The lowest BCUT2D eigenvalue weighted by Gasteiger charge is -2.37. The lowest BCUT2D eigenvalue weighted by molar-refractivity contribution is -0.0277. The van der Waals surface area contributed by atoms with Crippen molar-refractivity contribution in [3.8, 4) is 0 Å². The standard InChI is InChI=1S/C10H21NO2/c1-2-3-8-13-10-5-4-9(10)11-6-7-12/h9-12H,2-8H2,1H3/t9-,10+/m1/s1. The molecule has 0 aromatic heterocycles. The summed E-state index contributed by atoms with van der Waals surface area (Å²) in [5, 5.41) is 11.9. The van der Waals surface area contributed by atoms with Gasteiger partial charge in [-0.1, -0.05) is 13.3 Å². The Labute approximate surface area is 80.5 Å². The minimum Gasteiger partial charge on any atom is -0.395 e. The van der Waals surface area contributed by atoms with Crippen molar-refractivity contribution in [1.29, 1.82) is 0 Å². The summed E-state index contributed by atoms with van der Waals surface area (Å²) in [6.45, 7) is 3.97. The molecule has 1 fully saturated rings. The maximum atomic E-state index is 8.63. The van der Waals surface area contributed by atoms with E-state index in [1.807, 2.05) is 0 Å². The van der Waals surface area contributed by atoms with E-state index < -0.39 is 0 Å². The molecule has 2 atom stereocenters. The minimum atomic E-state index is 0.220. The highest BCUT2D eigenvalue weighted by Crippen LogP contribution is 2.23. The van der Waals surface area contributed by atoms with Gasteiger partial charge in [-0.2, -0.15) is 0 Å². The maximum absolute atomic E-state index is 8.63. The Balaban J connectivity index is 1.99. The summed E-state index contributed by atoms with van der Waals surface area (Å²) >= 11 is 0. The molecule has 1 rings (SSSR count). The highest BCUT2D eigenvalue weighted by molar-refractivity contribution is 4.87. The largest absolute Gasteiger partial charge is 0.395 e. The van der Waals surface area contributed by atoms with Crippen LogP contribution >= 0.6 is 0 Å². The van der Waals surface area contributed by atoms with Crippen LogP contribution in [0.25, 0.3) is 0 Å². The molecule has 1 aliphatic rings. The molecular weight excluding hydrogens is 166 g/mol. The summed E-state index contributed by atoms with van der Waals surface area (Å²) in [4.78, 5) is 0. The molecule has 1 aliphatic carbocycles. The van der Waals surface area contributed by atoms with Crippen LogP contribution < -0.4 is 5.32 Å². The van der Waals surface area contributed by atoms with E-state index >= 15 is 0 Å². The van der Waals surface area contributed by atoms with Gasteiger partial charge in [-0.15, -0.1) is 0 Å². The van der Waals surface area contributed by atoms with Crippen molar-refractivity contribution in [2.75, 3.05) is 19.8 Å². The van der Waals surface area contributed by atoms with Crippen molar-refractivity contribution < 1.29 is 9.84 Å². The number of nitrogens with one attached hydrogen (secondary N) is 1. The van der Waals surface area contributed by atoms with Gasteiger partial charge in [0.15, 0.2) is 0 Å². The van der Waals surface area contributed by atoms with Crippen LogP contribution in [0.15, 0.2) is 0 Å². The molecule has 0 aromatic carbocycles. The van der Waals surface area contributed by atoms with Gasteiger partial charge in [-0.3, -0.25) is 0 Å². The van der Waals surface area contributed by atoms with Gasteiger partial charge in [-0.05, 0) is 19.3 Å². The third-order valence-electron chi connectivity index (χ3n) is 2.56. The fourth-order valence-corrected chi connectivity index (χ4v) is 1.53. The average molecular weight is 187 g/mol. The summed E-state index contributed by atoms with van der Waals surface area (Å²) in [7, 11) is 0. The van der Waals surface area contributed by atoms with Crippen molar-refractivity contribution in [3.05, 3.63) is 0 Å². The zero-order chi connectivity index (χ0) is 9.52. The van der Waals surface area contributed by atoms with E-state index in [2.05, 4.69) is 12.2 Å². The van der Waals surface area contributed by atoms with Gasteiger partial charge in [-0.25, -0.2) is 0 Å². The monoisotopic (exact) mass is 187 g/mol. The molecule has 0 unspecified atom stereocenters. The first-order valence-corrected chi connectivity index (χ1v) is 5.34. The number of hydrogen-bond acceptors (Lipinski definition) is 3. The lowest BCUT2D eigenvalue weighted by atomic mass is 9.89. The second-order valence-corrected chi connectivity index (χ2v) is 3.62. The van der Waals surface area contributed by atoms with Gasteiger partial charge < -0.3 is 15.2 Å². The van der Waals surface area contributed by atoms with Crippen LogP contribution in [0.1, 0.15) is 32.6 Å². The summed E-state index contributed by atoms with van der Waals surface area (Å²) in [5.41, 5.74) is 0. The SMILES string of the molecule is CCCCO[C@H]1CC[C@H]1NCCO. The fourth-order valence-electron chi connectivity index (χ4n) is 1.53. The van der Waals surface area contributed by atoms with Gasteiger partial charge in [0.25, 0.3) is 0 Å². The predicted molar refractivity (Wildman–Crippen MR) is 52.8 cm³/mol. The molecule has 0 amide bonds.